The molecule has 0 heterocycles. The molecule has 0 fully saturated rings. The van der Waals surface area contributed by atoms with E-state index in [0.717, 1.165) is 0 Å². The third-order valence-electron chi connectivity index (χ3n) is 0.927. The number of hydrogen-bond donors (Lipinski definition) is 1. The Morgan fingerprint density at radius 1 is 1.75 bits per heavy atom. The van der Waals surface area contributed by atoms with Gasteiger partial charge in [0.2, 0.25) is 0 Å². The van der Waals surface area contributed by atoms with Gasteiger partial charge in [0.05, 0.1) is 5.57 Å². The molecule has 0 aromatic carbocycles. The van der Waals surface area contributed by atoms with Gasteiger partial charge in [-0.3, -0.25) is 10.2 Å². The fraction of sp³-hybridized carbons (Fsp3) is 0.500. The predicted molar refractivity (Wildman–Crippen MR) is 32.2 cm³/mol. The molecule has 0 rings (SSSR count). The van der Waals surface area contributed by atoms with E-state index in [1.807, 2.05) is 5.87 Å². The van der Waals surface area contributed by atoms with Crippen LogP contribution in [0.15, 0.2) is 5.57 Å². The van der Waals surface area contributed by atoms with Gasteiger partial charge < -0.3 is 0 Å². The predicted octanol–water partition coefficient (Wildman–Crippen LogP) is 1.16. The Labute approximate surface area is 48.7 Å². The molecule has 1 N–H and O–H groups in total. The van der Waals surface area contributed by atoms with Crippen molar-refractivity contribution in [1.29, 1.82) is 5.41 Å². The van der Waals surface area contributed by atoms with Gasteiger partial charge in [-0.05, 0) is 12.8 Å². The number of Topliss-reactive ketones (excluding diaryl/α,β-unsaturated/α-hetero) is 1. The fourth-order valence-electron chi connectivity index (χ4n) is 0.335. The number of hydrogen-bond acceptors (Lipinski definition) is 2. The van der Waals surface area contributed by atoms with Crippen LogP contribution in [0.2, 0.25) is 0 Å². The quantitative estimate of drug-likeness (QED) is 0.421. The molecule has 0 aliphatic rings. The largest absolute Gasteiger partial charge is 0.294 e. The van der Waals surface area contributed by atoms with Crippen molar-refractivity contribution in [2.75, 3.05) is 0 Å². The summed E-state index contributed by atoms with van der Waals surface area (Å²) in [6.45, 7) is 3.36. The van der Waals surface area contributed by atoms with Crippen LogP contribution in [0.4, 0.5) is 0 Å². The van der Waals surface area contributed by atoms with Crippen molar-refractivity contribution < 1.29 is 4.79 Å². The summed E-state index contributed by atoms with van der Waals surface area (Å²) in [7, 11) is 0. The summed E-state index contributed by atoms with van der Waals surface area (Å²) < 4.78 is 0. The Morgan fingerprint density at radius 3 is 2.38 bits per heavy atom. The molecule has 0 atom stereocenters. The SMILES string of the molecule is CCC(=O)C(C)=C=N. The lowest BCUT2D eigenvalue weighted by atomic mass is 10.2. The fourth-order valence-corrected chi connectivity index (χ4v) is 0.335. The zero-order chi connectivity index (χ0) is 6.57. The van der Waals surface area contributed by atoms with Crippen LogP contribution < -0.4 is 0 Å². The molecule has 0 aliphatic heterocycles. The molecule has 0 aliphatic carbocycles. The number of allylic oxidation sites excluding steroid dienone is 1. The van der Waals surface area contributed by atoms with Gasteiger partial charge in [-0.2, -0.15) is 0 Å². The molecule has 0 amide bonds. The standard InChI is InChI=1S/C6H9NO/c1-3-6(8)5(2)4-7/h7H,3H2,1-2H3. The molecular formula is C6H9NO. The number of ketones is 1. The summed E-state index contributed by atoms with van der Waals surface area (Å²) in [6.07, 6.45) is 0.470. The van der Waals surface area contributed by atoms with Gasteiger partial charge in [-0.1, -0.05) is 6.92 Å². The Balaban J connectivity index is 4.04. The molecule has 0 aromatic heterocycles. The van der Waals surface area contributed by atoms with Crippen molar-refractivity contribution in [2.45, 2.75) is 20.3 Å². The molecule has 2 heteroatoms. The van der Waals surface area contributed by atoms with Gasteiger partial charge in [0, 0.05) is 6.42 Å². The first-order chi connectivity index (χ1) is 3.72. The zero-order valence-corrected chi connectivity index (χ0v) is 5.12. The van der Waals surface area contributed by atoms with E-state index in [2.05, 4.69) is 0 Å². The monoisotopic (exact) mass is 111 g/mol. The first kappa shape index (κ1) is 7.12. The van der Waals surface area contributed by atoms with Crippen LogP contribution in [-0.4, -0.2) is 11.7 Å². The summed E-state index contributed by atoms with van der Waals surface area (Å²) >= 11 is 0. The summed E-state index contributed by atoms with van der Waals surface area (Å²) in [5.74, 6) is 2.03. The molecule has 44 valence electrons. The van der Waals surface area contributed by atoms with Gasteiger partial charge in [0.25, 0.3) is 0 Å². The Hall–Kier alpha value is -0.880. The highest BCUT2D eigenvalue weighted by Crippen LogP contribution is 1.90. The second-order valence-corrected chi connectivity index (χ2v) is 1.53. The molecule has 8 heavy (non-hydrogen) atoms. The highest BCUT2D eigenvalue weighted by molar-refractivity contribution is 6.01. The van der Waals surface area contributed by atoms with E-state index in [1.54, 1.807) is 13.8 Å². The van der Waals surface area contributed by atoms with Gasteiger partial charge in [-0.25, -0.2) is 0 Å². The van der Waals surface area contributed by atoms with Crippen molar-refractivity contribution in [3.8, 4) is 0 Å². The lowest BCUT2D eigenvalue weighted by Crippen LogP contribution is -1.95. The van der Waals surface area contributed by atoms with Crippen LogP contribution >= 0.6 is 0 Å². The maximum Gasteiger partial charge on any atom is 0.167 e. The topological polar surface area (TPSA) is 40.9 Å². The van der Waals surface area contributed by atoms with E-state index < -0.39 is 0 Å². The maximum atomic E-state index is 10.5. The number of nitrogens with one attached hydrogen (secondary N) is 1. The van der Waals surface area contributed by atoms with E-state index in [4.69, 9.17) is 5.41 Å². The average Bonchev–Trinajstić information content (AvgIpc) is 1.84. The van der Waals surface area contributed by atoms with Crippen LogP contribution in [0.3, 0.4) is 0 Å². The van der Waals surface area contributed by atoms with E-state index in [0.29, 0.717) is 12.0 Å². The molecule has 0 aromatic rings. The Morgan fingerprint density at radius 2 is 2.25 bits per heavy atom. The highest BCUT2D eigenvalue weighted by atomic mass is 16.1. The molecule has 0 saturated heterocycles. The van der Waals surface area contributed by atoms with Crippen molar-refractivity contribution in [1.82, 2.24) is 0 Å². The molecule has 0 unspecified atom stereocenters. The van der Waals surface area contributed by atoms with Crippen molar-refractivity contribution in [3.05, 3.63) is 5.57 Å². The summed E-state index contributed by atoms with van der Waals surface area (Å²) in [6, 6.07) is 0. The third-order valence-corrected chi connectivity index (χ3v) is 0.927. The van der Waals surface area contributed by atoms with E-state index in [1.165, 1.54) is 0 Å². The molecule has 0 saturated carbocycles. The molecule has 0 bridgehead atoms. The van der Waals surface area contributed by atoms with Crippen LogP contribution in [-0.2, 0) is 4.79 Å². The van der Waals surface area contributed by atoms with Crippen LogP contribution in [0.25, 0.3) is 0 Å². The van der Waals surface area contributed by atoms with E-state index in [9.17, 15) is 4.79 Å². The average molecular weight is 111 g/mol. The molecule has 0 spiro atoms. The smallest absolute Gasteiger partial charge is 0.167 e. The lowest BCUT2D eigenvalue weighted by Gasteiger charge is -1.86. The minimum Gasteiger partial charge on any atom is -0.294 e. The maximum absolute atomic E-state index is 10.5. The number of carbonyl (C=O) groups is 1. The minimum absolute atomic E-state index is 0.000000000000000444. The first-order valence-electron chi connectivity index (χ1n) is 2.51. The highest BCUT2D eigenvalue weighted by Gasteiger charge is 1.97. The van der Waals surface area contributed by atoms with Gasteiger partial charge in [0.15, 0.2) is 5.78 Å². The second kappa shape index (κ2) is 3.16. The van der Waals surface area contributed by atoms with Crippen molar-refractivity contribution in [2.24, 2.45) is 0 Å². The van der Waals surface area contributed by atoms with Crippen LogP contribution in [0, 0.1) is 5.41 Å². The summed E-state index contributed by atoms with van der Waals surface area (Å²) in [5, 5.41) is 6.53. The van der Waals surface area contributed by atoms with Gasteiger partial charge >= 0.3 is 0 Å². The lowest BCUT2D eigenvalue weighted by molar-refractivity contribution is -0.115. The van der Waals surface area contributed by atoms with Gasteiger partial charge in [-0.15, -0.1) is 0 Å². The number of rotatable bonds is 2. The zero-order valence-electron chi connectivity index (χ0n) is 5.12. The minimum atomic E-state index is 0.000000000000000444. The summed E-state index contributed by atoms with van der Waals surface area (Å²) in [5.41, 5.74) is 0.410. The van der Waals surface area contributed by atoms with Crippen LogP contribution in [0.1, 0.15) is 20.3 Å². The third kappa shape index (κ3) is 1.71. The normalized spacial score (nSPS) is 7.75. The van der Waals surface area contributed by atoms with Gasteiger partial charge in [0.1, 0.15) is 0 Å². The second-order valence-electron chi connectivity index (χ2n) is 1.53. The van der Waals surface area contributed by atoms with Crippen LogP contribution in [0.5, 0.6) is 0 Å². The summed E-state index contributed by atoms with van der Waals surface area (Å²) in [4.78, 5) is 10.5. The Kier molecular flexibility index (Phi) is 2.82. The molecule has 2 nitrogen and oxygen atoms in total. The molecular weight excluding hydrogens is 102 g/mol. The van der Waals surface area contributed by atoms with E-state index >= 15 is 0 Å². The first-order valence-corrected chi connectivity index (χ1v) is 2.51. The number of carbonyl (C=O) groups excluding carboxylic acids is 1. The Bertz CT molecular complexity index is 143. The van der Waals surface area contributed by atoms with Crippen molar-refractivity contribution >= 4 is 11.7 Å². The van der Waals surface area contributed by atoms with Crippen molar-refractivity contribution in [3.63, 3.8) is 0 Å². The van der Waals surface area contributed by atoms with E-state index in [-0.39, 0.29) is 5.78 Å². The molecule has 0 radical (unpaired) electrons.